The van der Waals surface area contributed by atoms with E-state index in [0.717, 1.165) is 16.6 Å². The molecule has 74 valence electrons. The zero-order chi connectivity index (χ0) is 10.4. The van der Waals surface area contributed by atoms with Crippen molar-refractivity contribution in [2.24, 2.45) is 0 Å². The van der Waals surface area contributed by atoms with Gasteiger partial charge < -0.3 is 4.42 Å². The summed E-state index contributed by atoms with van der Waals surface area (Å²) in [4.78, 5) is 18.2. The quantitative estimate of drug-likeness (QED) is 0.603. The Balaban J connectivity index is 2.69. The molecule has 3 aromatic rings. The molecule has 4 heteroatoms. The highest BCUT2D eigenvalue weighted by molar-refractivity contribution is 6.01. The van der Waals surface area contributed by atoms with Gasteiger partial charge in [-0.25, -0.2) is 4.79 Å². The van der Waals surface area contributed by atoms with Crippen molar-refractivity contribution in [1.82, 2.24) is 9.97 Å². The predicted octanol–water partition coefficient (Wildman–Crippen LogP) is 1.98. The van der Waals surface area contributed by atoms with E-state index in [1.54, 1.807) is 0 Å². The van der Waals surface area contributed by atoms with Crippen LogP contribution in [0.1, 0.15) is 5.69 Å². The van der Waals surface area contributed by atoms with Gasteiger partial charge in [0.15, 0.2) is 5.58 Å². The highest BCUT2D eigenvalue weighted by atomic mass is 16.4. The summed E-state index contributed by atoms with van der Waals surface area (Å²) in [5, 5.41) is 0.858. The van der Waals surface area contributed by atoms with E-state index in [4.69, 9.17) is 4.42 Å². The largest absolute Gasteiger partial charge is 0.417 e. The van der Waals surface area contributed by atoms with Gasteiger partial charge in [-0.3, -0.25) is 9.97 Å². The summed E-state index contributed by atoms with van der Waals surface area (Å²) in [6.45, 7) is 1.85. The lowest BCUT2D eigenvalue weighted by Gasteiger charge is -1.99. The molecule has 0 amide bonds. The summed E-state index contributed by atoms with van der Waals surface area (Å²) in [5.41, 5.74) is 2.88. The first kappa shape index (κ1) is 8.23. The number of pyridine rings is 1. The number of aromatic nitrogens is 2. The van der Waals surface area contributed by atoms with Crippen LogP contribution >= 0.6 is 0 Å². The van der Waals surface area contributed by atoms with Gasteiger partial charge in [-0.2, -0.15) is 0 Å². The first-order valence-corrected chi connectivity index (χ1v) is 4.64. The van der Waals surface area contributed by atoms with Gasteiger partial charge in [-0.15, -0.1) is 0 Å². The Bertz CT molecular complexity index is 709. The zero-order valence-electron chi connectivity index (χ0n) is 8.07. The monoisotopic (exact) mass is 200 g/mol. The SMILES string of the molecule is Cc1nc2ccccc2c2oc(=O)[nH]c12. The fourth-order valence-electron chi connectivity index (χ4n) is 1.77. The number of benzene rings is 1. The second kappa shape index (κ2) is 2.70. The first-order valence-electron chi connectivity index (χ1n) is 4.64. The summed E-state index contributed by atoms with van der Waals surface area (Å²) in [6.07, 6.45) is 0. The average Bonchev–Trinajstić information content (AvgIpc) is 2.61. The minimum Gasteiger partial charge on any atom is -0.407 e. The van der Waals surface area contributed by atoms with Crippen molar-refractivity contribution in [1.29, 1.82) is 0 Å². The molecule has 3 rings (SSSR count). The molecule has 1 aromatic carbocycles. The molecule has 4 nitrogen and oxygen atoms in total. The second-order valence-electron chi connectivity index (χ2n) is 3.43. The van der Waals surface area contributed by atoms with E-state index in [9.17, 15) is 4.79 Å². The maximum absolute atomic E-state index is 11.1. The number of H-pyrrole nitrogens is 1. The Morgan fingerprint density at radius 2 is 2.13 bits per heavy atom. The van der Waals surface area contributed by atoms with Gasteiger partial charge in [-0.1, -0.05) is 12.1 Å². The molecule has 0 aliphatic rings. The van der Waals surface area contributed by atoms with Crippen LogP contribution in [0.5, 0.6) is 0 Å². The third kappa shape index (κ3) is 1.08. The van der Waals surface area contributed by atoms with E-state index in [-0.39, 0.29) is 0 Å². The number of aromatic amines is 1. The fourth-order valence-corrected chi connectivity index (χ4v) is 1.77. The lowest BCUT2D eigenvalue weighted by molar-refractivity contribution is 0.558. The molecular weight excluding hydrogens is 192 g/mol. The predicted molar refractivity (Wildman–Crippen MR) is 56.9 cm³/mol. The number of hydrogen-bond acceptors (Lipinski definition) is 3. The van der Waals surface area contributed by atoms with Crippen LogP contribution in [-0.4, -0.2) is 9.97 Å². The average molecular weight is 200 g/mol. The van der Waals surface area contributed by atoms with E-state index in [0.29, 0.717) is 11.1 Å². The number of fused-ring (bicyclic) bond motifs is 3. The zero-order valence-corrected chi connectivity index (χ0v) is 8.07. The van der Waals surface area contributed by atoms with Gasteiger partial charge in [0.2, 0.25) is 0 Å². The Morgan fingerprint density at radius 3 is 3.00 bits per heavy atom. The molecule has 15 heavy (non-hydrogen) atoms. The topological polar surface area (TPSA) is 58.9 Å². The third-order valence-corrected chi connectivity index (χ3v) is 2.45. The highest BCUT2D eigenvalue weighted by Crippen LogP contribution is 2.23. The van der Waals surface area contributed by atoms with Crippen molar-refractivity contribution in [2.45, 2.75) is 6.92 Å². The van der Waals surface area contributed by atoms with Crippen LogP contribution in [-0.2, 0) is 0 Å². The number of nitrogens with zero attached hydrogens (tertiary/aromatic N) is 1. The highest BCUT2D eigenvalue weighted by Gasteiger charge is 2.09. The molecular formula is C11H8N2O2. The number of hydrogen-bond donors (Lipinski definition) is 1. The Labute approximate surface area is 84.6 Å². The van der Waals surface area contributed by atoms with Crippen LogP contribution in [0.25, 0.3) is 22.0 Å². The molecule has 0 radical (unpaired) electrons. The minimum atomic E-state index is -0.439. The van der Waals surface area contributed by atoms with Crippen molar-refractivity contribution in [2.75, 3.05) is 0 Å². The van der Waals surface area contributed by atoms with Gasteiger partial charge in [0.05, 0.1) is 11.2 Å². The first-order chi connectivity index (χ1) is 7.25. The van der Waals surface area contributed by atoms with Crippen LogP contribution < -0.4 is 5.76 Å². The van der Waals surface area contributed by atoms with E-state index >= 15 is 0 Å². The van der Waals surface area contributed by atoms with Gasteiger partial charge >= 0.3 is 5.76 Å². The lowest BCUT2D eigenvalue weighted by Crippen LogP contribution is -1.94. The minimum absolute atomic E-state index is 0.439. The molecule has 0 saturated heterocycles. The number of para-hydroxylation sites is 1. The number of nitrogens with one attached hydrogen (secondary N) is 1. The summed E-state index contributed by atoms with van der Waals surface area (Å²) in [7, 11) is 0. The van der Waals surface area contributed by atoms with Crippen LogP contribution in [0, 0.1) is 6.92 Å². The number of aryl methyl sites for hydroxylation is 1. The Morgan fingerprint density at radius 1 is 1.33 bits per heavy atom. The summed E-state index contributed by atoms with van der Waals surface area (Å²) in [6, 6.07) is 7.59. The van der Waals surface area contributed by atoms with Gasteiger partial charge in [0, 0.05) is 5.39 Å². The molecule has 0 bridgehead atoms. The lowest BCUT2D eigenvalue weighted by atomic mass is 10.2. The Hall–Kier alpha value is -2.10. The summed E-state index contributed by atoms with van der Waals surface area (Å²) >= 11 is 0. The van der Waals surface area contributed by atoms with Crippen molar-refractivity contribution >= 4 is 22.0 Å². The second-order valence-corrected chi connectivity index (χ2v) is 3.43. The molecule has 2 heterocycles. The van der Waals surface area contributed by atoms with Crippen LogP contribution in [0.15, 0.2) is 33.5 Å². The molecule has 0 atom stereocenters. The van der Waals surface area contributed by atoms with Gasteiger partial charge in [0.1, 0.15) is 5.52 Å². The summed E-state index contributed by atoms with van der Waals surface area (Å²) in [5.74, 6) is -0.439. The number of oxazole rings is 1. The van der Waals surface area contributed by atoms with Crippen molar-refractivity contribution in [3.05, 3.63) is 40.5 Å². The van der Waals surface area contributed by atoms with Crippen molar-refractivity contribution in [3.63, 3.8) is 0 Å². The molecule has 0 aliphatic heterocycles. The standard InChI is InChI=1S/C11H8N2O2/c1-6-9-10(15-11(14)13-9)7-4-2-3-5-8(7)12-6/h2-5H,1H3,(H,13,14). The van der Waals surface area contributed by atoms with Crippen LogP contribution in [0.2, 0.25) is 0 Å². The molecule has 0 saturated carbocycles. The van der Waals surface area contributed by atoms with Crippen molar-refractivity contribution in [3.8, 4) is 0 Å². The third-order valence-electron chi connectivity index (χ3n) is 2.45. The van der Waals surface area contributed by atoms with Crippen molar-refractivity contribution < 1.29 is 4.42 Å². The summed E-state index contributed by atoms with van der Waals surface area (Å²) < 4.78 is 5.11. The smallest absolute Gasteiger partial charge is 0.407 e. The molecule has 0 fully saturated rings. The van der Waals surface area contributed by atoms with E-state index in [1.807, 2.05) is 31.2 Å². The molecule has 0 unspecified atom stereocenters. The van der Waals surface area contributed by atoms with E-state index in [2.05, 4.69) is 9.97 Å². The van der Waals surface area contributed by atoms with Crippen LogP contribution in [0.3, 0.4) is 0 Å². The maximum Gasteiger partial charge on any atom is 0.417 e. The fraction of sp³-hybridized carbons (Fsp3) is 0.0909. The molecule has 1 N–H and O–H groups in total. The van der Waals surface area contributed by atoms with E-state index < -0.39 is 5.76 Å². The molecule has 2 aromatic heterocycles. The molecule has 0 spiro atoms. The van der Waals surface area contributed by atoms with E-state index in [1.165, 1.54) is 0 Å². The van der Waals surface area contributed by atoms with Crippen LogP contribution in [0.4, 0.5) is 0 Å². The maximum atomic E-state index is 11.1. The Kier molecular flexibility index (Phi) is 1.48. The number of rotatable bonds is 0. The van der Waals surface area contributed by atoms with Gasteiger partial charge in [0.25, 0.3) is 0 Å². The van der Waals surface area contributed by atoms with Gasteiger partial charge in [-0.05, 0) is 19.1 Å². The molecule has 0 aliphatic carbocycles. The normalized spacial score (nSPS) is 11.3.